The summed E-state index contributed by atoms with van der Waals surface area (Å²) in [5.41, 5.74) is 0.619. The Morgan fingerprint density at radius 2 is 1.86 bits per heavy atom. The van der Waals surface area contributed by atoms with Crippen molar-refractivity contribution >= 4 is 10.8 Å². The molecule has 2 aromatic heterocycles. The van der Waals surface area contributed by atoms with Crippen LogP contribution in [0.5, 0.6) is 0 Å². The minimum Gasteiger partial charge on any atom is -0.267 e. The summed E-state index contributed by atoms with van der Waals surface area (Å²) in [6.45, 7) is 4.03. The number of rotatable bonds is 1. The van der Waals surface area contributed by atoms with Crippen LogP contribution in [0.2, 0.25) is 0 Å². The monoisotopic (exact) mass is 190 g/mol. The summed E-state index contributed by atoms with van der Waals surface area (Å²) in [6, 6.07) is 0. The molecule has 5 heteroatoms. The van der Waals surface area contributed by atoms with E-state index in [2.05, 4.69) is 20.4 Å². The van der Waals surface area contributed by atoms with E-state index in [1.54, 1.807) is 6.20 Å². The number of fused-ring (bicyclic) bond motifs is 1. The predicted octanol–water partition coefficient (Wildman–Crippen LogP) is 0.836. The molecule has 0 fully saturated rings. The predicted molar refractivity (Wildman–Crippen MR) is 52.0 cm³/mol. The second-order valence-electron chi connectivity index (χ2n) is 3.41. The minimum atomic E-state index is -0.223. The summed E-state index contributed by atoms with van der Waals surface area (Å²) >= 11 is 0. The molecular weight excluding hydrogens is 180 g/mol. The zero-order valence-electron chi connectivity index (χ0n) is 7.98. The van der Waals surface area contributed by atoms with Crippen LogP contribution in [0.3, 0.4) is 0 Å². The Morgan fingerprint density at radius 3 is 2.50 bits per heavy atom. The van der Waals surface area contributed by atoms with Crippen molar-refractivity contribution < 1.29 is 0 Å². The first kappa shape index (κ1) is 8.80. The second kappa shape index (κ2) is 3.17. The van der Waals surface area contributed by atoms with Gasteiger partial charge in [0, 0.05) is 5.39 Å². The van der Waals surface area contributed by atoms with Crippen LogP contribution in [0.4, 0.5) is 0 Å². The molecule has 0 unspecified atom stereocenters. The summed E-state index contributed by atoms with van der Waals surface area (Å²) in [5.74, 6) is 0.249. The van der Waals surface area contributed by atoms with Gasteiger partial charge in [0.2, 0.25) is 0 Å². The molecular formula is C9H10N4O. The maximum Gasteiger partial charge on any atom is 0.273 e. The Morgan fingerprint density at radius 1 is 1.21 bits per heavy atom. The molecule has 0 spiro atoms. The molecule has 0 aliphatic rings. The number of nitrogens with one attached hydrogen (secondary N) is 1. The van der Waals surface area contributed by atoms with Crippen LogP contribution in [0.25, 0.3) is 10.8 Å². The lowest BCUT2D eigenvalue weighted by atomic mass is 10.1. The summed E-state index contributed by atoms with van der Waals surface area (Å²) in [7, 11) is 0. The molecule has 0 aliphatic carbocycles. The number of nitrogens with zero attached hydrogens (tertiary/aromatic N) is 3. The van der Waals surface area contributed by atoms with Crippen molar-refractivity contribution in [3.05, 3.63) is 28.4 Å². The van der Waals surface area contributed by atoms with E-state index in [0.717, 1.165) is 11.1 Å². The third-order valence-corrected chi connectivity index (χ3v) is 2.08. The van der Waals surface area contributed by atoms with E-state index in [4.69, 9.17) is 0 Å². The fourth-order valence-corrected chi connectivity index (χ4v) is 1.38. The quantitative estimate of drug-likeness (QED) is 0.723. The van der Waals surface area contributed by atoms with Crippen LogP contribution >= 0.6 is 0 Å². The van der Waals surface area contributed by atoms with E-state index in [-0.39, 0.29) is 11.5 Å². The highest BCUT2D eigenvalue weighted by Gasteiger charge is 2.09. The fraction of sp³-hybridized carbons (Fsp3) is 0.333. The molecule has 5 nitrogen and oxygen atoms in total. The van der Waals surface area contributed by atoms with E-state index in [9.17, 15) is 4.79 Å². The Bertz CT molecular complexity index is 517. The standard InChI is InChI=1S/C9H10N4O/c1-5(2)8-6-3-10-11-4-7(6)9(14)13-12-8/h3-5H,1-2H3,(H,13,14). The van der Waals surface area contributed by atoms with Gasteiger partial charge in [0.15, 0.2) is 0 Å². The topological polar surface area (TPSA) is 71.5 Å². The summed E-state index contributed by atoms with van der Waals surface area (Å²) in [5, 5.41) is 15.2. The van der Waals surface area contributed by atoms with Crippen molar-refractivity contribution in [1.82, 2.24) is 20.4 Å². The molecule has 14 heavy (non-hydrogen) atoms. The Hall–Kier alpha value is -1.78. The molecule has 0 saturated carbocycles. The van der Waals surface area contributed by atoms with Crippen molar-refractivity contribution in [2.45, 2.75) is 19.8 Å². The highest BCUT2D eigenvalue weighted by atomic mass is 16.1. The van der Waals surface area contributed by atoms with Gasteiger partial charge in [-0.15, -0.1) is 0 Å². The normalized spacial score (nSPS) is 11.1. The highest BCUT2D eigenvalue weighted by Crippen LogP contribution is 2.17. The number of H-pyrrole nitrogens is 1. The van der Waals surface area contributed by atoms with Crippen molar-refractivity contribution in [2.24, 2.45) is 0 Å². The number of hydrogen-bond donors (Lipinski definition) is 1. The van der Waals surface area contributed by atoms with Gasteiger partial charge in [-0.05, 0) is 5.92 Å². The third-order valence-electron chi connectivity index (χ3n) is 2.08. The lowest BCUT2D eigenvalue weighted by Gasteiger charge is -2.05. The largest absolute Gasteiger partial charge is 0.273 e. The summed E-state index contributed by atoms with van der Waals surface area (Å²) < 4.78 is 0. The Labute approximate surface area is 80.2 Å². The molecule has 0 aliphatic heterocycles. The van der Waals surface area contributed by atoms with E-state index in [0.29, 0.717) is 5.39 Å². The van der Waals surface area contributed by atoms with Crippen LogP contribution in [0.15, 0.2) is 17.2 Å². The molecule has 0 bridgehead atoms. The molecule has 2 heterocycles. The molecule has 0 aromatic carbocycles. The number of aromatic amines is 1. The average Bonchev–Trinajstić information content (AvgIpc) is 2.18. The first-order valence-corrected chi connectivity index (χ1v) is 4.39. The van der Waals surface area contributed by atoms with Gasteiger partial charge in [-0.25, -0.2) is 5.10 Å². The van der Waals surface area contributed by atoms with Crippen molar-refractivity contribution in [3.63, 3.8) is 0 Å². The van der Waals surface area contributed by atoms with Gasteiger partial charge in [0.05, 0.1) is 23.5 Å². The van der Waals surface area contributed by atoms with E-state index < -0.39 is 0 Å². The fourth-order valence-electron chi connectivity index (χ4n) is 1.38. The van der Waals surface area contributed by atoms with E-state index in [1.807, 2.05) is 13.8 Å². The van der Waals surface area contributed by atoms with Crippen molar-refractivity contribution in [1.29, 1.82) is 0 Å². The Kier molecular flexibility index (Phi) is 1.99. The van der Waals surface area contributed by atoms with E-state index in [1.165, 1.54) is 6.20 Å². The van der Waals surface area contributed by atoms with Gasteiger partial charge in [0.1, 0.15) is 0 Å². The molecule has 0 radical (unpaired) electrons. The maximum absolute atomic E-state index is 11.4. The molecule has 0 amide bonds. The number of aromatic nitrogens is 4. The number of hydrogen-bond acceptors (Lipinski definition) is 4. The SMILES string of the molecule is CC(C)c1n[nH]c(=O)c2cnncc12. The summed E-state index contributed by atoms with van der Waals surface area (Å²) in [6.07, 6.45) is 3.04. The maximum atomic E-state index is 11.4. The van der Waals surface area contributed by atoms with Gasteiger partial charge in [0.25, 0.3) is 5.56 Å². The van der Waals surface area contributed by atoms with Gasteiger partial charge < -0.3 is 0 Å². The summed E-state index contributed by atoms with van der Waals surface area (Å²) in [4.78, 5) is 11.4. The molecule has 0 atom stereocenters. The van der Waals surface area contributed by atoms with Crippen LogP contribution in [0, 0.1) is 0 Å². The first-order chi connectivity index (χ1) is 6.70. The zero-order chi connectivity index (χ0) is 10.1. The zero-order valence-corrected chi connectivity index (χ0v) is 7.98. The van der Waals surface area contributed by atoms with Crippen LogP contribution in [0.1, 0.15) is 25.5 Å². The average molecular weight is 190 g/mol. The first-order valence-electron chi connectivity index (χ1n) is 4.39. The molecule has 2 rings (SSSR count). The van der Waals surface area contributed by atoms with Crippen molar-refractivity contribution in [2.75, 3.05) is 0 Å². The lowest BCUT2D eigenvalue weighted by Crippen LogP contribution is -2.12. The minimum absolute atomic E-state index is 0.223. The lowest BCUT2D eigenvalue weighted by molar-refractivity contribution is 0.790. The van der Waals surface area contributed by atoms with Gasteiger partial charge >= 0.3 is 0 Å². The van der Waals surface area contributed by atoms with Crippen molar-refractivity contribution in [3.8, 4) is 0 Å². The highest BCUT2D eigenvalue weighted by molar-refractivity contribution is 5.81. The van der Waals surface area contributed by atoms with Crippen LogP contribution in [-0.4, -0.2) is 20.4 Å². The smallest absolute Gasteiger partial charge is 0.267 e. The molecule has 2 aromatic rings. The van der Waals surface area contributed by atoms with Gasteiger partial charge in [-0.2, -0.15) is 15.3 Å². The molecule has 0 saturated heterocycles. The van der Waals surface area contributed by atoms with E-state index >= 15 is 0 Å². The third kappa shape index (κ3) is 1.26. The second-order valence-corrected chi connectivity index (χ2v) is 3.41. The molecule has 1 N–H and O–H groups in total. The molecule has 72 valence electrons. The van der Waals surface area contributed by atoms with Gasteiger partial charge in [-0.3, -0.25) is 4.79 Å². The van der Waals surface area contributed by atoms with Crippen LogP contribution in [-0.2, 0) is 0 Å². The van der Waals surface area contributed by atoms with Gasteiger partial charge in [-0.1, -0.05) is 13.8 Å². The Balaban J connectivity index is 2.89. The van der Waals surface area contributed by atoms with Crippen LogP contribution < -0.4 is 5.56 Å².